The molecule has 0 radical (unpaired) electrons. The molecule has 3 heteroatoms. The maximum absolute atomic E-state index is 11.0. The minimum Gasteiger partial charge on any atom is -0.459 e. The first kappa shape index (κ1) is 8.60. The summed E-state index contributed by atoms with van der Waals surface area (Å²) in [6.45, 7) is 0.569. The van der Waals surface area contributed by atoms with Crippen molar-refractivity contribution in [3.63, 3.8) is 0 Å². The maximum Gasteiger partial charge on any atom is 0.377 e. The molecule has 13 heavy (non-hydrogen) atoms. The van der Waals surface area contributed by atoms with Crippen molar-refractivity contribution in [2.24, 2.45) is 5.92 Å². The molecule has 0 bridgehead atoms. The number of hydrogen-bond acceptors (Lipinski definition) is 3. The number of carbonyl (C=O) groups excluding carboxylic acids is 1. The fraction of sp³-hybridized carbons (Fsp3) is 0.700. The molecule has 3 nitrogen and oxygen atoms in total. The van der Waals surface area contributed by atoms with Gasteiger partial charge in [0.05, 0.1) is 6.61 Å². The molecule has 1 aliphatic carbocycles. The Morgan fingerprint density at radius 2 is 2.15 bits per heavy atom. The predicted octanol–water partition coefficient (Wildman–Crippen LogP) is 1.98. The summed E-state index contributed by atoms with van der Waals surface area (Å²) in [6.07, 6.45) is 7.71. The topological polar surface area (TPSA) is 38.8 Å². The lowest BCUT2D eigenvalue weighted by molar-refractivity contribution is -0.141. The Hall–Kier alpha value is -0.990. The molecule has 0 aromatic heterocycles. The second-order valence-electron chi connectivity index (χ2n) is 3.70. The van der Waals surface area contributed by atoms with E-state index in [1.165, 1.54) is 38.4 Å². The third-order valence-electron chi connectivity index (χ3n) is 2.61. The van der Waals surface area contributed by atoms with Crippen molar-refractivity contribution in [2.45, 2.75) is 32.1 Å². The van der Waals surface area contributed by atoms with E-state index < -0.39 is 0 Å². The lowest BCUT2D eigenvalue weighted by Gasteiger charge is -2.20. The zero-order chi connectivity index (χ0) is 9.10. The second kappa shape index (κ2) is 3.81. The van der Waals surface area contributed by atoms with Crippen LogP contribution in [-0.2, 0) is 14.3 Å². The summed E-state index contributed by atoms with van der Waals surface area (Å²) in [4.78, 5) is 11.0. The summed E-state index contributed by atoms with van der Waals surface area (Å²) in [5.41, 5.74) is 0. The van der Waals surface area contributed by atoms with Crippen molar-refractivity contribution in [1.29, 1.82) is 0 Å². The third-order valence-corrected chi connectivity index (χ3v) is 2.61. The minimum atomic E-state index is -0.300. The third kappa shape index (κ3) is 2.47. The molecule has 2 rings (SSSR count). The maximum atomic E-state index is 11.0. The van der Waals surface area contributed by atoms with Crippen LogP contribution in [0.1, 0.15) is 32.1 Å². The lowest BCUT2D eigenvalue weighted by Crippen LogP contribution is -2.16. The van der Waals surface area contributed by atoms with Gasteiger partial charge < -0.3 is 9.47 Å². The molecule has 0 N–H and O–H groups in total. The van der Waals surface area contributed by atoms with Gasteiger partial charge in [0.2, 0.25) is 5.76 Å². The van der Waals surface area contributed by atoms with Crippen LogP contribution >= 0.6 is 0 Å². The van der Waals surface area contributed by atoms with Crippen LogP contribution in [0.5, 0.6) is 0 Å². The van der Waals surface area contributed by atoms with Crippen LogP contribution in [0.4, 0.5) is 0 Å². The van der Waals surface area contributed by atoms with E-state index in [4.69, 9.17) is 4.74 Å². The molecule has 0 aromatic carbocycles. The van der Waals surface area contributed by atoms with Gasteiger partial charge in [0, 0.05) is 0 Å². The van der Waals surface area contributed by atoms with Gasteiger partial charge in [-0.2, -0.15) is 0 Å². The highest BCUT2D eigenvalue weighted by Crippen LogP contribution is 2.24. The summed E-state index contributed by atoms with van der Waals surface area (Å²) in [7, 11) is 0. The van der Waals surface area contributed by atoms with E-state index in [1.807, 2.05) is 0 Å². The quantitative estimate of drug-likeness (QED) is 0.626. The highest BCUT2D eigenvalue weighted by molar-refractivity contribution is 5.88. The largest absolute Gasteiger partial charge is 0.459 e. The smallest absolute Gasteiger partial charge is 0.377 e. The standard InChI is InChI=1S/C10H14O3/c11-10(9-7-12-9)13-6-8-4-2-1-3-5-8/h7-8H,1-6H2. The Balaban J connectivity index is 1.65. The highest BCUT2D eigenvalue weighted by atomic mass is 16.6. The van der Waals surface area contributed by atoms with Crippen LogP contribution in [0.3, 0.4) is 0 Å². The van der Waals surface area contributed by atoms with E-state index in [0.29, 0.717) is 18.3 Å². The van der Waals surface area contributed by atoms with Crippen LogP contribution < -0.4 is 0 Å². The molecule has 0 atom stereocenters. The van der Waals surface area contributed by atoms with Crippen molar-refractivity contribution in [3.8, 4) is 0 Å². The van der Waals surface area contributed by atoms with Gasteiger partial charge in [0.1, 0.15) is 6.26 Å². The molecule has 0 spiro atoms. The zero-order valence-corrected chi connectivity index (χ0v) is 7.62. The number of carbonyl (C=O) groups is 1. The molecule has 1 heterocycles. The Labute approximate surface area is 77.7 Å². The highest BCUT2D eigenvalue weighted by Gasteiger charge is 2.23. The average Bonchev–Trinajstić information content (AvgIpc) is 2.99. The summed E-state index contributed by atoms with van der Waals surface area (Å²) in [5.74, 6) is 0.651. The van der Waals surface area contributed by atoms with Gasteiger partial charge in [-0.05, 0) is 18.8 Å². The number of esters is 1. The second-order valence-corrected chi connectivity index (χ2v) is 3.70. The minimum absolute atomic E-state index is 0.300. The molecular weight excluding hydrogens is 168 g/mol. The van der Waals surface area contributed by atoms with Gasteiger partial charge in [0.15, 0.2) is 0 Å². The Morgan fingerprint density at radius 1 is 1.46 bits per heavy atom. The summed E-state index contributed by atoms with van der Waals surface area (Å²) in [6, 6.07) is 0. The molecule has 1 aliphatic heterocycles. The van der Waals surface area contributed by atoms with Gasteiger partial charge in [-0.1, -0.05) is 19.3 Å². The molecule has 0 aromatic rings. The van der Waals surface area contributed by atoms with E-state index in [-0.39, 0.29) is 5.97 Å². The van der Waals surface area contributed by atoms with Crippen molar-refractivity contribution >= 4 is 5.97 Å². The van der Waals surface area contributed by atoms with Crippen molar-refractivity contribution in [1.82, 2.24) is 0 Å². The van der Waals surface area contributed by atoms with E-state index in [9.17, 15) is 4.79 Å². The number of hydrogen-bond donors (Lipinski definition) is 0. The molecular formula is C10H14O3. The zero-order valence-electron chi connectivity index (χ0n) is 7.62. The fourth-order valence-electron chi connectivity index (χ4n) is 1.74. The van der Waals surface area contributed by atoms with Crippen LogP contribution in [0.15, 0.2) is 12.0 Å². The Bertz CT molecular complexity index is 226. The molecule has 0 amide bonds. The Morgan fingerprint density at radius 3 is 2.77 bits per heavy atom. The first-order valence-corrected chi connectivity index (χ1v) is 4.90. The van der Waals surface area contributed by atoms with Crippen molar-refractivity contribution < 1.29 is 14.3 Å². The van der Waals surface area contributed by atoms with E-state index in [0.717, 1.165) is 0 Å². The van der Waals surface area contributed by atoms with E-state index >= 15 is 0 Å². The first-order valence-electron chi connectivity index (χ1n) is 4.90. The number of rotatable bonds is 3. The molecule has 0 unspecified atom stereocenters. The van der Waals surface area contributed by atoms with Gasteiger partial charge in [-0.25, -0.2) is 4.79 Å². The van der Waals surface area contributed by atoms with Crippen LogP contribution in [0.25, 0.3) is 0 Å². The molecule has 2 aliphatic rings. The van der Waals surface area contributed by atoms with Crippen molar-refractivity contribution in [2.75, 3.05) is 6.61 Å². The van der Waals surface area contributed by atoms with E-state index in [1.54, 1.807) is 0 Å². The molecule has 0 saturated heterocycles. The van der Waals surface area contributed by atoms with Gasteiger partial charge in [-0.15, -0.1) is 0 Å². The van der Waals surface area contributed by atoms with E-state index in [2.05, 4.69) is 4.74 Å². The van der Waals surface area contributed by atoms with Gasteiger partial charge >= 0.3 is 5.97 Å². The molecule has 72 valence electrons. The predicted molar refractivity (Wildman–Crippen MR) is 46.7 cm³/mol. The van der Waals surface area contributed by atoms with Crippen LogP contribution in [0.2, 0.25) is 0 Å². The summed E-state index contributed by atoms with van der Waals surface area (Å²) in [5, 5.41) is 0. The van der Waals surface area contributed by atoms with Gasteiger partial charge in [-0.3, -0.25) is 0 Å². The van der Waals surface area contributed by atoms with Crippen LogP contribution in [-0.4, -0.2) is 12.6 Å². The van der Waals surface area contributed by atoms with Crippen molar-refractivity contribution in [3.05, 3.63) is 12.0 Å². The molecule has 1 fully saturated rings. The Kier molecular flexibility index (Phi) is 2.52. The van der Waals surface area contributed by atoms with Gasteiger partial charge in [0.25, 0.3) is 0 Å². The normalized spacial score (nSPS) is 21.7. The monoisotopic (exact) mass is 182 g/mol. The lowest BCUT2D eigenvalue weighted by atomic mass is 9.90. The van der Waals surface area contributed by atoms with Crippen LogP contribution in [0, 0.1) is 5.92 Å². The first-order chi connectivity index (χ1) is 6.36. The summed E-state index contributed by atoms with van der Waals surface area (Å²) < 4.78 is 9.70. The number of ether oxygens (including phenoxy) is 2. The fourth-order valence-corrected chi connectivity index (χ4v) is 1.74. The SMILES string of the molecule is O=C(OCC1CCCCC1)C1=CO1. The summed E-state index contributed by atoms with van der Waals surface area (Å²) >= 11 is 0. The average molecular weight is 182 g/mol. The molecule has 1 saturated carbocycles.